The molecule has 0 aliphatic carbocycles. The molecule has 0 atom stereocenters. The number of anilines is 1. The van der Waals surface area contributed by atoms with Crippen molar-refractivity contribution in [1.82, 2.24) is 4.98 Å². The zero-order valence-electron chi connectivity index (χ0n) is 14.2. The maximum absolute atomic E-state index is 13.3. The average molecular weight is 393 g/mol. The number of rotatable bonds is 6. The summed E-state index contributed by atoms with van der Waals surface area (Å²) in [6, 6.07) is 8.09. The summed E-state index contributed by atoms with van der Waals surface area (Å²) in [6.45, 7) is 0.178. The Morgan fingerprint density at radius 2 is 1.93 bits per heavy atom. The number of H-pyrrole nitrogens is 1. The van der Waals surface area contributed by atoms with E-state index in [4.69, 9.17) is 16.3 Å². The lowest BCUT2D eigenvalue weighted by molar-refractivity contribution is 0.0596. The van der Waals surface area contributed by atoms with E-state index in [0.29, 0.717) is 21.6 Å². The summed E-state index contributed by atoms with van der Waals surface area (Å²) in [5.41, 5.74) is 1.40. The monoisotopic (exact) mass is 392 g/mol. The third-order valence-electron chi connectivity index (χ3n) is 4.05. The fourth-order valence-corrected chi connectivity index (χ4v) is 2.90. The number of carbonyl (C=O) groups excluding carboxylic acids is 2. The van der Waals surface area contributed by atoms with Crippen LogP contribution in [0.15, 0.2) is 36.4 Å². The van der Waals surface area contributed by atoms with E-state index >= 15 is 0 Å². The van der Waals surface area contributed by atoms with Gasteiger partial charge in [0.05, 0.1) is 12.8 Å². The number of ketones is 1. The van der Waals surface area contributed by atoms with E-state index in [-0.39, 0.29) is 30.0 Å². The van der Waals surface area contributed by atoms with E-state index < -0.39 is 17.6 Å². The summed E-state index contributed by atoms with van der Waals surface area (Å²) in [4.78, 5) is 27.1. The van der Waals surface area contributed by atoms with Gasteiger partial charge in [-0.2, -0.15) is 0 Å². The van der Waals surface area contributed by atoms with Gasteiger partial charge in [0.2, 0.25) is 0 Å². The lowest BCUT2D eigenvalue weighted by Gasteiger charge is -2.08. The zero-order chi connectivity index (χ0) is 19.6. The number of aromatic nitrogens is 1. The van der Waals surface area contributed by atoms with Crippen molar-refractivity contribution in [3.05, 3.63) is 64.3 Å². The summed E-state index contributed by atoms with van der Waals surface area (Å²) in [6.07, 6.45) is 0.0198. The summed E-state index contributed by atoms with van der Waals surface area (Å²) >= 11 is 5.97. The molecule has 0 bridgehead atoms. The minimum atomic E-state index is -1.07. The van der Waals surface area contributed by atoms with Crippen LogP contribution in [0.2, 0.25) is 5.02 Å². The average Bonchev–Trinajstić information content (AvgIpc) is 3.00. The Morgan fingerprint density at radius 1 is 1.15 bits per heavy atom. The number of hydrogen-bond acceptors (Lipinski definition) is 4. The number of ether oxygens (including phenoxy) is 1. The van der Waals surface area contributed by atoms with E-state index in [9.17, 15) is 18.4 Å². The first-order valence-electron chi connectivity index (χ1n) is 8.02. The van der Waals surface area contributed by atoms with Crippen LogP contribution in [0.5, 0.6) is 0 Å². The molecular formula is C19H15ClF2N2O3. The van der Waals surface area contributed by atoms with Crippen LogP contribution in [0.25, 0.3) is 10.9 Å². The molecule has 0 aliphatic heterocycles. The molecular weight excluding hydrogens is 378 g/mol. The van der Waals surface area contributed by atoms with Crippen molar-refractivity contribution in [1.29, 1.82) is 0 Å². The van der Waals surface area contributed by atoms with Crippen molar-refractivity contribution >= 4 is 39.9 Å². The van der Waals surface area contributed by atoms with Crippen LogP contribution in [0.1, 0.15) is 27.3 Å². The minimum Gasteiger partial charge on any atom is -0.464 e. The van der Waals surface area contributed by atoms with E-state index in [1.54, 1.807) is 18.2 Å². The molecule has 2 N–H and O–H groups in total. The number of fused-ring (bicyclic) bond motifs is 1. The normalized spacial score (nSPS) is 10.8. The molecule has 27 heavy (non-hydrogen) atoms. The zero-order valence-corrected chi connectivity index (χ0v) is 15.0. The highest BCUT2D eigenvalue weighted by molar-refractivity contribution is 6.31. The van der Waals surface area contributed by atoms with Gasteiger partial charge in [-0.15, -0.1) is 0 Å². The topological polar surface area (TPSA) is 71.2 Å². The molecule has 0 spiro atoms. The number of aromatic amines is 1. The van der Waals surface area contributed by atoms with Gasteiger partial charge in [-0.25, -0.2) is 13.6 Å². The molecule has 0 unspecified atom stereocenters. The van der Waals surface area contributed by atoms with Crippen molar-refractivity contribution < 1.29 is 23.1 Å². The first-order valence-corrected chi connectivity index (χ1v) is 8.40. The van der Waals surface area contributed by atoms with Gasteiger partial charge in [0, 0.05) is 34.5 Å². The van der Waals surface area contributed by atoms with Crippen LogP contribution in [-0.2, 0) is 4.74 Å². The van der Waals surface area contributed by atoms with Crippen molar-refractivity contribution in [3.8, 4) is 0 Å². The summed E-state index contributed by atoms with van der Waals surface area (Å²) in [7, 11) is 1.26. The maximum atomic E-state index is 13.3. The van der Waals surface area contributed by atoms with Crippen molar-refractivity contribution in [3.63, 3.8) is 0 Å². The Balaban J connectivity index is 1.78. The first kappa shape index (κ1) is 18.8. The fourth-order valence-electron chi connectivity index (χ4n) is 2.72. The molecule has 8 heteroatoms. The first-order chi connectivity index (χ1) is 12.9. The molecule has 0 saturated heterocycles. The fraction of sp³-hybridized carbons (Fsp3) is 0.158. The highest BCUT2D eigenvalue weighted by atomic mass is 35.5. The van der Waals surface area contributed by atoms with Crippen LogP contribution in [0, 0.1) is 11.6 Å². The Kier molecular flexibility index (Phi) is 5.41. The van der Waals surface area contributed by atoms with Crippen LogP contribution in [-0.4, -0.2) is 30.4 Å². The summed E-state index contributed by atoms with van der Waals surface area (Å²) in [5, 5.41) is 4.24. The van der Waals surface area contributed by atoms with Crippen molar-refractivity contribution in [2.24, 2.45) is 0 Å². The van der Waals surface area contributed by atoms with E-state index in [0.717, 1.165) is 12.1 Å². The number of hydrogen-bond donors (Lipinski definition) is 2. The molecule has 5 nitrogen and oxygen atoms in total. The molecule has 0 aliphatic rings. The van der Waals surface area contributed by atoms with Gasteiger partial charge >= 0.3 is 5.97 Å². The van der Waals surface area contributed by atoms with E-state index in [1.165, 1.54) is 13.2 Å². The molecule has 0 fully saturated rings. The molecule has 3 aromatic rings. The lowest BCUT2D eigenvalue weighted by Crippen LogP contribution is -2.12. The van der Waals surface area contributed by atoms with E-state index in [1.807, 2.05) is 0 Å². The molecule has 140 valence electrons. The van der Waals surface area contributed by atoms with Gasteiger partial charge in [0.25, 0.3) is 0 Å². The second kappa shape index (κ2) is 7.75. The van der Waals surface area contributed by atoms with Gasteiger partial charge in [-0.1, -0.05) is 11.6 Å². The minimum absolute atomic E-state index is 0.0198. The maximum Gasteiger partial charge on any atom is 0.356 e. The van der Waals surface area contributed by atoms with Crippen molar-refractivity contribution in [2.45, 2.75) is 6.42 Å². The highest BCUT2D eigenvalue weighted by Crippen LogP contribution is 2.30. The standard InChI is InChI=1S/C19H15ClF2N2O3/c1-27-19(26)18-17(12-4-3-11(20)9-15(12)24-18)23-7-6-16(25)10-2-5-13(21)14(22)8-10/h2-5,8-9,23-24H,6-7H2,1H3. The molecule has 1 aromatic heterocycles. The van der Waals surface area contributed by atoms with Crippen LogP contribution in [0.3, 0.4) is 0 Å². The third-order valence-corrected chi connectivity index (χ3v) is 4.28. The van der Waals surface area contributed by atoms with Gasteiger partial charge in [0.1, 0.15) is 5.69 Å². The number of halogens is 3. The van der Waals surface area contributed by atoms with Gasteiger partial charge in [-0.3, -0.25) is 4.79 Å². The number of Topliss-reactive ketones (excluding diaryl/α,β-unsaturated/α-hetero) is 1. The number of nitrogens with one attached hydrogen (secondary N) is 2. The Bertz CT molecular complexity index is 1030. The summed E-state index contributed by atoms with van der Waals surface area (Å²) < 4.78 is 31.0. The van der Waals surface area contributed by atoms with Crippen LogP contribution < -0.4 is 5.32 Å². The quantitative estimate of drug-likeness (QED) is 0.476. The number of carbonyl (C=O) groups is 2. The summed E-state index contributed by atoms with van der Waals surface area (Å²) in [5.74, 6) is -3.01. The lowest BCUT2D eigenvalue weighted by atomic mass is 10.1. The smallest absolute Gasteiger partial charge is 0.356 e. The van der Waals surface area contributed by atoms with Gasteiger partial charge in [-0.05, 0) is 36.4 Å². The number of esters is 1. The van der Waals surface area contributed by atoms with Gasteiger partial charge in [0.15, 0.2) is 17.4 Å². The largest absolute Gasteiger partial charge is 0.464 e. The molecule has 1 heterocycles. The van der Waals surface area contributed by atoms with Gasteiger partial charge < -0.3 is 15.0 Å². The number of methoxy groups -OCH3 is 1. The third kappa shape index (κ3) is 3.93. The molecule has 2 aromatic carbocycles. The predicted molar refractivity (Wildman–Crippen MR) is 98.4 cm³/mol. The second-order valence-corrected chi connectivity index (χ2v) is 6.22. The Morgan fingerprint density at radius 3 is 2.63 bits per heavy atom. The highest BCUT2D eigenvalue weighted by Gasteiger charge is 2.19. The van der Waals surface area contributed by atoms with Crippen LogP contribution >= 0.6 is 11.6 Å². The Hall–Kier alpha value is -2.93. The molecule has 3 rings (SSSR count). The molecule has 0 saturated carbocycles. The van der Waals surface area contributed by atoms with Crippen LogP contribution in [0.4, 0.5) is 14.5 Å². The number of benzene rings is 2. The van der Waals surface area contributed by atoms with E-state index in [2.05, 4.69) is 10.3 Å². The molecule has 0 amide bonds. The SMILES string of the molecule is COC(=O)c1[nH]c2cc(Cl)ccc2c1NCCC(=O)c1ccc(F)c(F)c1. The Labute approximate surface area is 158 Å². The molecule has 0 radical (unpaired) electrons. The predicted octanol–water partition coefficient (Wildman–Crippen LogP) is 4.57. The second-order valence-electron chi connectivity index (χ2n) is 5.79. The van der Waals surface area contributed by atoms with Crippen molar-refractivity contribution in [2.75, 3.05) is 19.0 Å².